The van der Waals surface area contributed by atoms with Crippen LogP contribution in [-0.2, 0) is 9.59 Å². The first-order chi connectivity index (χ1) is 11.9. The predicted octanol–water partition coefficient (Wildman–Crippen LogP) is 3.23. The van der Waals surface area contributed by atoms with Gasteiger partial charge in [0.05, 0.1) is 0 Å². The van der Waals surface area contributed by atoms with Crippen LogP contribution in [0, 0.1) is 5.92 Å². The van der Waals surface area contributed by atoms with Crippen molar-refractivity contribution < 1.29 is 19.5 Å². The normalized spacial score (nSPS) is 15.9. The molecule has 1 aliphatic carbocycles. The molecule has 0 bridgehead atoms. The Kier molecular flexibility index (Phi) is 5.03. The number of carboxylic acids is 1. The Bertz CT molecular complexity index is 824. The second kappa shape index (κ2) is 7.23. The highest BCUT2D eigenvalue weighted by Crippen LogP contribution is 2.30. The van der Waals surface area contributed by atoms with Crippen LogP contribution in [0.1, 0.15) is 42.3 Å². The summed E-state index contributed by atoms with van der Waals surface area (Å²) in [5.74, 6) is -1.24. The van der Waals surface area contributed by atoms with Gasteiger partial charge in [0.15, 0.2) is 0 Å². The molecule has 3 N–H and O–H groups in total. The molecular weight excluding hydrogens is 340 g/mol. The molecule has 132 valence electrons. The number of hydrogen-bond acceptors (Lipinski definition) is 4. The molecule has 0 aliphatic heterocycles. The van der Waals surface area contributed by atoms with Gasteiger partial charge in [-0.15, -0.1) is 11.3 Å². The van der Waals surface area contributed by atoms with Crippen molar-refractivity contribution in [1.29, 1.82) is 0 Å². The number of hydrogen-bond donors (Lipinski definition) is 3. The fourth-order valence-corrected chi connectivity index (χ4v) is 4.24. The molecule has 0 spiro atoms. The first-order valence-corrected chi connectivity index (χ1v) is 9.10. The Balaban J connectivity index is 1.78. The van der Waals surface area contributed by atoms with Crippen LogP contribution in [0.5, 0.6) is 0 Å². The van der Waals surface area contributed by atoms with Crippen molar-refractivity contribution in [2.24, 2.45) is 5.92 Å². The van der Waals surface area contributed by atoms with Crippen molar-refractivity contribution in [2.75, 3.05) is 5.32 Å². The number of carbonyl (C=O) groups excluding carboxylic acids is 2. The van der Waals surface area contributed by atoms with E-state index in [0.717, 1.165) is 35.8 Å². The van der Waals surface area contributed by atoms with Crippen LogP contribution in [0.2, 0.25) is 0 Å². The Morgan fingerprint density at radius 1 is 1.20 bits per heavy atom. The predicted molar refractivity (Wildman–Crippen MR) is 97.0 cm³/mol. The molecule has 3 rings (SSSR count). The number of benzene rings is 1. The summed E-state index contributed by atoms with van der Waals surface area (Å²) in [4.78, 5) is 35.5. The maximum Gasteiger partial charge on any atom is 0.345 e. The average molecular weight is 360 g/mol. The third-order valence-corrected chi connectivity index (χ3v) is 5.61. The third-order valence-electron chi connectivity index (χ3n) is 4.51. The topological polar surface area (TPSA) is 95.5 Å². The molecule has 25 heavy (non-hydrogen) atoms. The summed E-state index contributed by atoms with van der Waals surface area (Å²) in [6.45, 7) is 1.42. The number of nitrogens with one attached hydrogen (secondary N) is 2. The zero-order valence-electron chi connectivity index (χ0n) is 13.9. The molecule has 1 fully saturated rings. The highest BCUT2D eigenvalue weighted by molar-refractivity contribution is 7.20. The summed E-state index contributed by atoms with van der Waals surface area (Å²) in [6, 6.07) is 6.37. The molecule has 1 aromatic heterocycles. The molecule has 0 radical (unpaired) electrons. The van der Waals surface area contributed by atoms with Crippen molar-refractivity contribution >= 4 is 44.9 Å². The molecule has 1 saturated carbocycles. The molecule has 2 amide bonds. The van der Waals surface area contributed by atoms with Gasteiger partial charge in [0.1, 0.15) is 10.9 Å². The second-order valence-corrected chi connectivity index (χ2v) is 7.46. The van der Waals surface area contributed by atoms with E-state index in [9.17, 15) is 14.4 Å². The molecule has 2 aromatic rings. The lowest BCUT2D eigenvalue weighted by Crippen LogP contribution is -2.47. The van der Waals surface area contributed by atoms with E-state index < -0.39 is 12.0 Å². The summed E-state index contributed by atoms with van der Waals surface area (Å²) in [6.07, 6.45) is 4.02. The average Bonchev–Trinajstić information content (AvgIpc) is 3.21. The first kappa shape index (κ1) is 17.4. The highest BCUT2D eigenvalue weighted by atomic mass is 32.1. The van der Waals surface area contributed by atoms with Gasteiger partial charge in [-0.25, -0.2) is 4.79 Å². The van der Waals surface area contributed by atoms with E-state index in [2.05, 4.69) is 10.6 Å². The molecule has 0 saturated heterocycles. The third kappa shape index (κ3) is 3.99. The summed E-state index contributed by atoms with van der Waals surface area (Å²) >= 11 is 1.20. The van der Waals surface area contributed by atoms with E-state index in [1.54, 1.807) is 24.3 Å². The largest absolute Gasteiger partial charge is 0.477 e. The molecule has 1 aliphatic rings. The number of fused-ring (bicyclic) bond motifs is 1. The lowest BCUT2D eigenvalue weighted by atomic mass is 9.97. The maximum atomic E-state index is 12.7. The maximum absolute atomic E-state index is 12.7. The van der Waals surface area contributed by atoms with E-state index in [4.69, 9.17) is 5.11 Å². The molecular formula is C18H20N2O4S. The standard InChI is InChI=1S/C18H20N2O4S/c1-10(21)19-16(11-4-2-3-5-11)17(22)20-13-6-7-14-12(8-13)9-15(25-14)18(23)24/h6-9,11,16H,2-5H2,1H3,(H,19,21)(H,20,22)(H,23,24). The van der Waals surface area contributed by atoms with E-state index in [-0.39, 0.29) is 22.6 Å². The second-order valence-electron chi connectivity index (χ2n) is 6.38. The van der Waals surface area contributed by atoms with E-state index in [1.807, 2.05) is 0 Å². The number of aromatic carboxylic acids is 1. The van der Waals surface area contributed by atoms with E-state index in [1.165, 1.54) is 18.3 Å². The molecule has 1 heterocycles. The lowest BCUT2D eigenvalue weighted by Gasteiger charge is -2.23. The minimum Gasteiger partial charge on any atom is -0.477 e. The summed E-state index contributed by atoms with van der Waals surface area (Å²) < 4.78 is 0.851. The fourth-order valence-electron chi connectivity index (χ4n) is 3.35. The summed E-state index contributed by atoms with van der Waals surface area (Å²) in [5.41, 5.74) is 0.598. The highest BCUT2D eigenvalue weighted by Gasteiger charge is 2.31. The number of carboxylic acid groups (broad SMARTS) is 1. The van der Waals surface area contributed by atoms with Gasteiger partial charge in [-0.1, -0.05) is 12.8 Å². The van der Waals surface area contributed by atoms with Crippen molar-refractivity contribution in [3.63, 3.8) is 0 Å². The van der Waals surface area contributed by atoms with Crippen LogP contribution in [-0.4, -0.2) is 28.9 Å². The van der Waals surface area contributed by atoms with E-state index in [0.29, 0.717) is 5.69 Å². The van der Waals surface area contributed by atoms with Crippen LogP contribution in [0.4, 0.5) is 5.69 Å². The van der Waals surface area contributed by atoms with Gasteiger partial charge < -0.3 is 15.7 Å². The zero-order valence-corrected chi connectivity index (χ0v) is 14.7. The van der Waals surface area contributed by atoms with Gasteiger partial charge in [-0.3, -0.25) is 9.59 Å². The van der Waals surface area contributed by atoms with Gasteiger partial charge in [-0.05, 0) is 48.4 Å². The van der Waals surface area contributed by atoms with Gasteiger partial charge >= 0.3 is 5.97 Å². The number of anilines is 1. The number of rotatable bonds is 5. The van der Waals surface area contributed by atoms with E-state index >= 15 is 0 Å². The van der Waals surface area contributed by atoms with Crippen LogP contribution in [0.15, 0.2) is 24.3 Å². The molecule has 1 atom stereocenters. The van der Waals surface area contributed by atoms with Crippen LogP contribution in [0.3, 0.4) is 0 Å². The molecule has 1 aromatic carbocycles. The molecule has 1 unspecified atom stereocenters. The molecule has 6 nitrogen and oxygen atoms in total. The first-order valence-electron chi connectivity index (χ1n) is 8.29. The van der Waals surface area contributed by atoms with Gasteiger partial charge in [0.25, 0.3) is 0 Å². The minimum atomic E-state index is -0.959. The smallest absolute Gasteiger partial charge is 0.345 e. The van der Waals surface area contributed by atoms with Crippen molar-refractivity contribution in [2.45, 2.75) is 38.6 Å². The van der Waals surface area contributed by atoms with Crippen LogP contribution in [0.25, 0.3) is 10.1 Å². The fraction of sp³-hybridized carbons (Fsp3) is 0.389. The Morgan fingerprint density at radius 2 is 1.92 bits per heavy atom. The zero-order chi connectivity index (χ0) is 18.0. The van der Waals surface area contributed by atoms with Gasteiger partial charge in [0, 0.05) is 17.3 Å². The van der Waals surface area contributed by atoms with Crippen molar-refractivity contribution in [1.82, 2.24) is 5.32 Å². The van der Waals surface area contributed by atoms with Crippen LogP contribution >= 0.6 is 11.3 Å². The number of carbonyl (C=O) groups is 3. The lowest BCUT2D eigenvalue weighted by molar-refractivity contribution is -0.126. The SMILES string of the molecule is CC(=O)NC(C(=O)Nc1ccc2sc(C(=O)O)cc2c1)C1CCCC1. The van der Waals surface area contributed by atoms with Crippen molar-refractivity contribution in [3.8, 4) is 0 Å². The number of thiophene rings is 1. The van der Waals surface area contributed by atoms with Crippen molar-refractivity contribution in [3.05, 3.63) is 29.1 Å². The molecule has 7 heteroatoms. The summed E-state index contributed by atoms with van der Waals surface area (Å²) in [7, 11) is 0. The van der Waals surface area contributed by atoms with Gasteiger partial charge in [0.2, 0.25) is 11.8 Å². The number of amides is 2. The minimum absolute atomic E-state index is 0.160. The Morgan fingerprint density at radius 3 is 2.56 bits per heavy atom. The Hall–Kier alpha value is -2.41. The summed E-state index contributed by atoms with van der Waals surface area (Å²) in [5, 5.41) is 15.5. The quantitative estimate of drug-likeness (QED) is 0.763. The Labute approximate surface area is 149 Å². The van der Waals surface area contributed by atoms with Gasteiger partial charge in [-0.2, -0.15) is 0 Å². The van der Waals surface area contributed by atoms with Crippen LogP contribution < -0.4 is 10.6 Å². The monoisotopic (exact) mass is 360 g/mol.